The summed E-state index contributed by atoms with van der Waals surface area (Å²) in [4.78, 5) is 10.2. The molecule has 4 aromatic rings. The van der Waals surface area contributed by atoms with Gasteiger partial charge in [0.05, 0.1) is 5.69 Å². The summed E-state index contributed by atoms with van der Waals surface area (Å²) < 4.78 is 1.29. The predicted molar refractivity (Wildman–Crippen MR) is 81.9 cm³/mol. The number of aromatic nitrogens is 2. The van der Waals surface area contributed by atoms with E-state index in [4.69, 9.17) is 0 Å². The van der Waals surface area contributed by atoms with Crippen LogP contribution in [0, 0.1) is 13.8 Å². The molecular formula is C16H12N2S. The fourth-order valence-corrected chi connectivity index (χ4v) is 3.93. The third kappa shape index (κ3) is 1.48. The van der Waals surface area contributed by atoms with Crippen molar-refractivity contribution in [2.45, 2.75) is 13.8 Å². The minimum absolute atomic E-state index is 0.848. The molecule has 2 aromatic heterocycles. The molecule has 3 heteroatoms. The number of hydrogen-bond acceptors (Lipinski definition) is 3. The lowest BCUT2D eigenvalue weighted by Crippen LogP contribution is -1.90. The molecular weight excluding hydrogens is 252 g/mol. The molecule has 2 heterocycles. The summed E-state index contributed by atoms with van der Waals surface area (Å²) in [6, 6.07) is 12.9. The Labute approximate surface area is 114 Å². The molecule has 0 aliphatic carbocycles. The van der Waals surface area contributed by atoms with Crippen molar-refractivity contribution < 1.29 is 0 Å². The van der Waals surface area contributed by atoms with E-state index in [2.05, 4.69) is 53.3 Å². The number of rotatable bonds is 0. The van der Waals surface area contributed by atoms with Crippen LogP contribution in [0.4, 0.5) is 0 Å². The third-order valence-electron chi connectivity index (χ3n) is 3.52. The van der Waals surface area contributed by atoms with Crippen molar-refractivity contribution in [1.82, 2.24) is 9.97 Å². The average Bonchev–Trinajstić information content (AvgIpc) is 2.77. The Balaban J connectivity index is 2.36. The van der Waals surface area contributed by atoms with Crippen LogP contribution in [0.25, 0.3) is 31.1 Å². The second kappa shape index (κ2) is 3.75. The van der Waals surface area contributed by atoms with Crippen LogP contribution < -0.4 is 0 Å². The van der Waals surface area contributed by atoms with Gasteiger partial charge in [-0.3, -0.25) is 0 Å². The summed E-state index contributed by atoms with van der Waals surface area (Å²) >= 11 is 1.75. The van der Waals surface area contributed by atoms with Gasteiger partial charge in [0.15, 0.2) is 0 Å². The van der Waals surface area contributed by atoms with Gasteiger partial charge in [-0.1, -0.05) is 30.3 Å². The second-order valence-electron chi connectivity index (χ2n) is 4.80. The van der Waals surface area contributed by atoms with Gasteiger partial charge in [-0.05, 0) is 30.7 Å². The Hall–Kier alpha value is -2.00. The fourth-order valence-electron chi connectivity index (χ4n) is 2.74. The Morgan fingerprint density at radius 1 is 0.895 bits per heavy atom. The Kier molecular flexibility index (Phi) is 2.15. The maximum atomic E-state index is 4.59. The van der Waals surface area contributed by atoms with E-state index in [1.54, 1.807) is 11.3 Å². The molecule has 0 fully saturated rings. The van der Waals surface area contributed by atoms with Gasteiger partial charge in [-0.15, -0.1) is 11.3 Å². The van der Waals surface area contributed by atoms with Gasteiger partial charge >= 0.3 is 0 Å². The van der Waals surface area contributed by atoms with E-state index in [1.807, 2.05) is 6.92 Å². The molecule has 2 nitrogen and oxygen atoms in total. The van der Waals surface area contributed by atoms with E-state index in [0.717, 1.165) is 16.3 Å². The normalized spacial score (nSPS) is 11.7. The molecule has 0 saturated heterocycles. The lowest BCUT2D eigenvalue weighted by Gasteiger charge is -2.02. The van der Waals surface area contributed by atoms with E-state index >= 15 is 0 Å². The van der Waals surface area contributed by atoms with E-state index in [9.17, 15) is 0 Å². The number of nitrogens with zero attached hydrogens (tertiary/aromatic N) is 2. The van der Waals surface area contributed by atoms with Crippen molar-refractivity contribution in [1.29, 1.82) is 0 Å². The highest BCUT2D eigenvalue weighted by molar-refractivity contribution is 7.25. The van der Waals surface area contributed by atoms with E-state index < -0.39 is 0 Å². The van der Waals surface area contributed by atoms with Gasteiger partial charge in [-0.25, -0.2) is 9.97 Å². The molecule has 0 amide bonds. The SMILES string of the molecule is Cc1nc(C)c2c(n1)sc1ccc3ccccc3c12. The van der Waals surface area contributed by atoms with E-state index in [1.165, 1.54) is 26.2 Å². The number of aryl methyl sites for hydroxylation is 2. The monoisotopic (exact) mass is 264 g/mol. The molecule has 4 rings (SSSR count). The van der Waals surface area contributed by atoms with Gasteiger partial charge in [0, 0.05) is 15.5 Å². The van der Waals surface area contributed by atoms with Crippen molar-refractivity contribution >= 4 is 42.4 Å². The Morgan fingerprint density at radius 2 is 1.74 bits per heavy atom. The van der Waals surface area contributed by atoms with E-state index in [0.29, 0.717) is 0 Å². The maximum Gasteiger partial charge on any atom is 0.128 e. The zero-order chi connectivity index (χ0) is 13.0. The van der Waals surface area contributed by atoms with Crippen LogP contribution in [0.2, 0.25) is 0 Å². The van der Waals surface area contributed by atoms with Crippen molar-refractivity contribution in [3.8, 4) is 0 Å². The summed E-state index contributed by atoms with van der Waals surface area (Å²) in [5.74, 6) is 0.848. The quantitative estimate of drug-likeness (QED) is 0.463. The smallest absolute Gasteiger partial charge is 0.128 e. The number of fused-ring (bicyclic) bond motifs is 5. The lowest BCUT2D eigenvalue weighted by atomic mass is 10.0. The van der Waals surface area contributed by atoms with Gasteiger partial charge < -0.3 is 0 Å². The van der Waals surface area contributed by atoms with Crippen LogP contribution in [0.3, 0.4) is 0 Å². The molecule has 0 unspecified atom stereocenters. The molecule has 0 bridgehead atoms. The summed E-state index contributed by atoms with van der Waals surface area (Å²) in [6.07, 6.45) is 0. The van der Waals surface area contributed by atoms with Crippen molar-refractivity contribution in [3.05, 3.63) is 47.9 Å². The molecule has 0 aliphatic rings. The molecule has 0 N–H and O–H groups in total. The van der Waals surface area contributed by atoms with Crippen LogP contribution in [0.5, 0.6) is 0 Å². The second-order valence-corrected chi connectivity index (χ2v) is 5.83. The van der Waals surface area contributed by atoms with Crippen LogP contribution in [0.1, 0.15) is 11.5 Å². The first kappa shape index (κ1) is 10.9. The van der Waals surface area contributed by atoms with Crippen LogP contribution >= 0.6 is 11.3 Å². The number of thiophene rings is 1. The molecule has 0 saturated carbocycles. The third-order valence-corrected chi connectivity index (χ3v) is 4.56. The standard InChI is InChI=1S/C16H12N2S/c1-9-14-15-12-6-4-3-5-11(12)7-8-13(15)19-16(14)18-10(2)17-9/h3-8H,1-2H3. The molecule has 0 atom stereocenters. The predicted octanol–water partition coefficient (Wildman–Crippen LogP) is 4.61. The van der Waals surface area contributed by atoms with Crippen LogP contribution in [0.15, 0.2) is 36.4 Å². The number of benzene rings is 2. The average molecular weight is 264 g/mol. The first-order chi connectivity index (χ1) is 9.24. The highest BCUT2D eigenvalue weighted by Gasteiger charge is 2.12. The molecule has 2 aromatic carbocycles. The molecule has 19 heavy (non-hydrogen) atoms. The van der Waals surface area contributed by atoms with Gasteiger partial charge in [0.1, 0.15) is 10.7 Å². The van der Waals surface area contributed by atoms with Crippen LogP contribution in [-0.2, 0) is 0 Å². The topological polar surface area (TPSA) is 25.8 Å². The first-order valence-electron chi connectivity index (χ1n) is 6.29. The first-order valence-corrected chi connectivity index (χ1v) is 7.11. The summed E-state index contributed by atoms with van der Waals surface area (Å²) in [6.45, 7) is 4.03. The van der Waals surface area contributed by atoms with Gasteiger partial charge in [-0.2, -0.15) is 0 Å². The lowest BCUT2D eigenvalue weighted by molar-refractivity contribution is 1.06. The summed E-state index contributed by atoms with van der Waals surface area (Å²) in [5, 5.41) is 5.08. The highest BCUT2D eigenvalue weighted by atomic mass is 32.1. The summed E-state index contributed by atoms with van der Waals surface area (Å²) in [5.41, 5.74) is 1.07. The Morgan fingerprint density at radius 3 is 2.63 bits per heavy atom. The van der Waals surface area contributed by atoms with Crippen molar-refractivity contribution in [2.75, 3.05) is 0 Å². The summed E-state index contributed by atoms with van der Waals surface area (Å²) in [7, 11) is 0. The highest BCUT2D eigenvalue weighted by Crippen LogP contribution is 2.38. The van der Waals surface area contributed by atoms with Gasteiger partial charge in [0.25, 0.3) is 0 Å². The zero-order valence-corrected chi connectivity index (χ0v) is 11.6. The van der Waals surface area contributed by atoms with Crippen molar-refractivity contribution in [2.24, 2.45) is 0 Å². The zero-order valence-electron chi connectivity index (χ0n) is 10.8. The van der Waals surface area contributed by atoms with Crippen molar-refractivity contribution in [3.63, 3.8) is 0 Å². The van der Waals surface area contributed by atoms with Gasteiger partial charge in [0.2, 0.25) is 0 Å². The number of hydrogen-bond donors (Lipinski definition) is 0. The largest absolute Gasteiger partial charge is 0.238 e. The minimum atomic E-state index is 0.848. The molecule has 0 aliphatic heterocycles. The fraction of sp³-hybridized carbons (Fsp3) is 0.125. The molecule has 92 valence electrons. The maximum absolute atomic E-state index is 4.59. The minimum Gasteiger partial charge on any atom is -0.238 e. The molecule has 0 spiro atoms. The molecule has 0 radical (unpaired) electrons. The Bertz CT molecular complexity index is 938. The van der Waals surface area contributed by atoms with E-state index in [-0.39, 0.29) is 0 Å². The van der Waals surface area contributed by atoms with Crippen LogP contribution in [-0.4, -0.2) is 9.97 Å².